The molecule has 3 aliphatic rings. The van der Waals surface area contributed by atoms with E-state index in [0.717, 1.165) is 51.3 Å². The Bertz CT molecular complexity index is 535. The number of nitrogens with zero attached hydrogens (tertiary/aromatic N) is 4. The summed E-state index contributed by atoms with van der Waals surface area (Å²) in [6.45, 7) is 3.65. The number of anilines is 1. The largest absolute Gasteiger partial charge is 0.473 e. The molecule has 0 spiro atoms. The van der Waals surface area contributed by atoms with E-state index in [2.05, 4.69) is 19.8 Å². The number of fused-ring (bicyclic) bond motifs is 1. The summed E-state index contributed by atoms with van der Waals surface area (Å²) in [4.78, 5) is 13.7. The van der Waals surface area contributed by atoms with Gasteiger partial charge in [0.05, 0.1) is 18.5 Å². The van der Waals surface area contributed by atoms with Gasteiger partial charge in [-0.25, -0.2) is 0 Å². The second-order valence-corrected chi connectivity index (χ2v) is 7.08. The van der Waals surface area contributed by atoms with Crippen molar-refractivity contribution >= 4 is 5.82 Å². The molecule has 2 atom stereocenters. The third kappa shape index (κ3) is 3.43. The molecular formula is C17H26N4O2. The highest BCUT2D eigenvalue weighted by Crippen LogP contribution is 2.26. The molecule has 1 aliphatic carbocycles. The van der Waals surface area contributed by atoms with E-state index < -0.39 is 0 Å². The topological polar surface area (TPSA) is 61.7 Å². The van der Waals surface area contributed by atoms with Crippen molar-refractivity contribution in [2.24, 2.45) is 0 Å². The number of hydrogen-bond donors (Lipinski definition) is 1. The number of ether oxygens (including phenoxy) is 1. The Kier molecular flexibility index (Phi) is 4.35. The molecule has 0 aromatic carbocycles. The van der Waals surface area contributed by atoms with Crippen molar-refractivity contribution < 1.29 is 9.84 Å². The van der Waals surface area contributed by atoms with Crippen LogP contribution in [0.5, 0.6) is 5.88 Å². The van der Waals surface area contributed by atoms with Crippen LogP contribution < -0.4 is 9.64 Å². The van der Waals surface area contributed by atoms with Crippen LogP contribution in [0.4, 0.5) is 5.82 Å². The summed E-state index contributed by atoms with van der Waals surface area (Å²) in [5, 5.41) is 9.84. The zero-order valence-electron chi connectivity index (χ0n) is 13.6. The van der Waals surface area contributed by atoms with E-state index in [0.29, 0.717) is 18.0 Å². The van der Waals surface area contributed by atoms with E-state index in [-0.39, 0.29) is 6.10 Å². The van der Waals surface area contributed by atoms with Crippen molar-refractivity contribution in [3.8, 4) is 5.88 Å². The molecule has 2 saturated heterocycles. The van der Waals surface area contributed by atoms with Crippen molar-refractivity contribution in [3.05, 3.63) is 12.4 Å². The minimum absolute atomic E-state index is 0.174. The summed E-state index contributed by atoms with van der Waals surface area (Å²) >= 11 is 0. The quantitative estimate of drug-likeness (QED) is 0.910. The maximum absolute atomic E-state index is 9.84. The predicted octanol–water partition coefficient (Wildman–Crippen LogP) is 1.44. The number of hydrogen-bond acceptors (Lipinski definition) is 6. The lowest BCUT2D eigenvalue weighted by Crippen LogP contribution is -2.50. The van der Waals surface area contributed by atoms with Gasteiger partial charge >= 0.3 is 0 Å². The third-order valence-corrected chi connectivity index (χ3v) is 5.36. The summed E-state index contributed by atoms with van der Waals surface area (Å²) in [7, 11) is 0. The number of aliphatic hydroxyl groups is 1. The van der Waals surface area contributed by atoms with Crippen LogP contribution in [0.1, 0.15) is 38.5 Å². The van der Waals surface area contributed by atoms with Gasteiger partial charge in [-0.2, -0.15) is 4.98 Å². The highest BCUT2D eigenvalue weighted by molar-refractivity contribution is 5.39. The Morgan fingerprint density at radius 2 is 1.96 bits per heavy atom. The maximum atomic E-state index is 9.84. The van der Waals surface area contributed by atoms with Gasteiger partial charge in [-0.15, -0.1) is 0 Å². The summed E-state index contributed by atoms with van der Waals surface area (Å²) in [5.74, 6) is 1.56. The number of aliphatic hydroxyl groups excluding tert-OH is 1. The molecule has 0 unspecified atom stereocenters. The van der Waals surface area contributed by atoms with Gasteiger partial charge in [-0.05, 0) is 32.1 Å². The van der Waals surface area contributed by atoms with Gasteiger partial charge < -0.3 is 14.7 Å². The van der Waals surface area contributed by atoms with Crippen LogP contribution >= 0.6 is 0 Å². The second-order valence-electron chi connectivity index (χ2n) is 7.08. The van der Waals surface area contributed by atoms with Crippen molar-refractivity contribution in [1.82, 2.24) is 14.9 Å². The highest BCUT2D eigenvalue weighted by atomic mass is 16.5. The molecule has 3 heterocycles. The molecule has 23 heavy (non-hydrogen) atoms. The Balaban J connectivity index is 1.41. The number of aromatic nitrogens is 2. The molecule has 1 aromatic rings. The second kappa shape index (κ2) is 6.61. The van der Waals surface area contributed by atoms with Crippen molar-refractivity contribution in [2.75, 3.05) is 31.1 Å². The van der Waals surface area contributed by atoms with Gasteiger partial charge in [0.15, 0.2) is 5.82 Å². The lowest BCUT2D eigenvalue weighted by atomic mass is 9.98. The average Bonchev–Trinajstić information content (AvgIpc) is 2.95. The molecule has 0 amide bonds. The van der Waals surface area contributed by atoms with E-state index in [1.54, 1.807) is 6.20 Å². The van der Waals surface area contributed by atoms with E-state index in [1.807, 2.05) is 6.20 Å². The summed E-state index contributed by atoms with van der Waals surface area (Å²) < 4.78 is 6.04. The smallest absolute Gasteiger partial charge is 0.234 e. The first-order valence-corrected chi connectivity index (χ1v) is 8.94. The molecule has 4 rings (SSSR count). The first-order chi connectivity index (χ1) is 11.3. The van der Waals surface area contributed by atoms with E-state index in [4.69, 9.17) is 4.74 Å². The van der Waals surface area contributed by atoms with Crippen LogP contribution in [0.25, 0.3) is 0 Å². The molecular weight excluding hydrogens is 292 g/mol. The highest BCUT2D eigenvalue weighted by Gasteiger charge is 2.35. The molecule has 6 heteroatoms. The molecule has 0 radical (unpaired) electrons. The lowest BCUT2D eigenvalue weighted by Gasteiger charge is -2.37. The molecule has 126 valence electrons. The predicted molar refractivity (Wildman–Crippen MR) is 87.7 cm³/mol. The lowest BCUT2D eigenvalue weighted by molar-refractivity contribution is 0.148. The van der Waals surface area contributed by atoms with E-state index >= 15 is 0 Å². The maximum Gasteiger partial charge on any atom is 0.234 e. The Morgan fingerprint density at radius 1 is 1.09 bits per heavy atom. The molecule has 1 aromatic heterocycles. The van der Waals surface area contributed by atoms with Gasteiger partial charge in [0.25, 0.3) is 0 Å². The molecule has 1 saturated carbocycles. The minimum atomic E-state index is -0.174. The molecule has 1 N–H and O–H groups in total. The monoisotopic (exact) mass is 318 g/mol. The Labute approximate surface area is 137 Å². The molecule has 6 nitrogen and oxygen atoms in total. The van der Waals surface area contributed by atoms with Crippen molar-refractivity contribution in [1.29, 1.82) is 0 Å². The van der Waals surface area contributed by atoms with Crippen LogP contribution in [-0.2, 0) is 0 Å². The minimum Gasteiger partial charge on any atom is -0.473 e. The first kappa shape index (κ1) is 15.1. The van der Waals surface area contributed by atoms with E-state index in [9.17, 15) is 5.11 Å². The van der Waals surface area contributed by atoms with Gasteiger partial charge in [0, 0.05) is 32.2 Å². The fourth-order valence-electron chi connectivity index (χ4n) is 4.13. The summed E-state index contributed by atoms with van der Waals surface area (Å²) in [6.07, 6.45) is 10.6. The molecule has 2 aliphatic heterocycles. The van der Waals surface area contributed by atoms with Gasteiger partial charge in [-0.3, -0.25) is 9.88 Å². The summed E-state index contributed by atoms with van der Waals surface area (Å²) in [5.41, 5.74) is 0. The zero-order valence-corrected chi connectivity index (χ0v) is 13.6. The van der Waals surface area contributed by atoms with Crippen molar-refractivity contribution in [3.63, 3.8) is 0 Å². The third-order valence-electron chi connectivity index (χ3n) is 5.36. The number of rotatable bonds is 3. The van der Waals surface area contributed by atoms with Crippen LogP contribution in [0, 0.1) is 0 Å². The van der Waals surface area contributed by atoms with Crippen LogP contribution in [0.3, 0.4) is 0 Å². The van der Waals surface area contributed by atoms with Crippen LogP contribution in [0.15, 0.2) is 12.4 Å². The standard InChI is InChI=1S/C17H26N4O2/c22-14-8-13-11-21(7-6-20(13)12-14)16-9-18-10-17(19-16)23-15-4-2-1-3-5-15/h9-10,13-15,22H,1-8,11-12H2/t13-,14+/m0/s1. The van der Waals surface area contributed by atoms with Crippen LogP contribution in [-0.4, -0.2) is 64.4 Å². The van der Waals surface area contributed by atoms with Crippen LogP contribution in [0.2, 0.25) is 0 Å². The average molecular weight is 318 g/mol. The number of piperazine rings is 1. The fraction of sp³-hybridized carbons (Fsp3) is 0.765. The van der Waals surface area contributed by atoms with Gasteiger partial charge in [-0.1, -0.05) is 6.42 Å². The summed E-state index contributed by atoms with van der Waals surface area (Å²) in [6, 6.07) is 0.434. The van der Waals surface area contributed by atoms with E-state index in [1.165, 1.54) is 19.3 Å². The fourth-order valence-corrected chi connectivity index (χ4v) is 4.13. The molecule has 0 bridgehead atoms. The molecule has 3 fully saturated rings. The Morgan fingerprint density at radius 3 is 2.83 bits per heavy atom. The Hall–Kier alpha value is -1.40. The zero-order chi connectivity index (χ0) is 15.6. The SMILES string of the molecule is O[C@@H]1C[C@H]2CN(c3cncc(OC4CCCCC4)n3)CCN2C1. The van der Waals surface area contributed by atoms with Crippen molar-refractivity contribution in [2.45, 2.75) is 56.8 Å². The normalized spacial score (nSPS) is 29.5. The first-order valence-electron chi connectivity index (χ1n) is 8.94. The van der Waals surface area contributed by atoms with Gasteiger partial charge in [0.2, 0.25) is 5.88 Å². The van der Waals surface area contributed by atoms with Gasteiger partial charge in [0.1, 0.15) is 6.10 Å².